The van der Waals surface area contributed by atoms with E-state index < -0.39 is 6.04 Å². The van der Waals surface area contributed by atoms with Crippen molar-refractivity contribution in [2.75, 3.05) is 5.32 Å². The molecule has 1 saturated carbocycles. The molecule has 5 nitrogen and oxygen atoms in total. The summed E-state index contributed by atoms with van der Waals surface area (Å²) in [5.41, 5.74) is 0.686. The third kappa shape index (κ3) is 2.27. The summed E-state index contributed by atoms with van der Waals surface area (Å²) < 4.78 is 0. The van der Waals surface area contributed by atoms with Crippen molar-refractivity contribution in [1.29, 1.82) is 0 Å². The molecule has 2 aromatic rings. The molecule has 5 unspecified atom stereocenters. The Hall–Kier alpha value is -2.95. The SMILES string of the molecule is CC(C(=O)Nc1cccc2ccccc12)N1C(=O)C2C3C=CC(C3)C2C1=O. The number of nitrogens with one attached hydrogen (secondary N) is 1. The lowest BCUT2D eigenvalue weighted by Crippen LogP contribution is -2.46. The van der Waals surface area contributed by atoms with Gasteiger partial charge in [0.05, 0.1) is 11.8 Å². The van der Waals surface area contributed by atoms with Gasteiger partial charge in [0.25, 0.3) is 0 Å². The Bertz CT molecular complexity index is 976. The number of carbonyl (C=O) groups excluding carboxylic acids is 3. The minimum Gasteiger partial charge on any atom is -0.324 e. The standard InChI is InChI=1S/C22H20N2O3/c1-12(20(25)23-17-8-4-6-13-5-2-3-7-16(13)17)24-21(26)18-14-9-10-15(11-14)19(18)22(24)27/h2-10,12,14-15,18-19H,11H2,1H3,(H,23,25). The number of anilines is 1. The van der Waals surface area contributed by atoms with E-state index in [-0.39, 0.29) is 41.4 Å². The average Bonchev–Trinajstić information content (AvgIpc) is 3.35. The first-order valence-electron chi connectivity index (χ1n) is 9.40. The Balaban J connectivity index is 1.40. The maximum absolute atomic E-state index is 12.9. The van der Waals surface area contributed by atoms with Crippen molar-refractivity contribution < 1.29 is 14.4 Å². The molecule has 3 amide bonds. The van der Waals surface area contributed by atoms with Gasteiger partial charge in [-0.25, -0.2) is 0 Å². The second-order valence-electron chi connectivity index (χ2n) is 7.74. The number of hydrogen-bond acceptors (Lipinski definition) is 3. The lowest BCUT2D eigenvalue weighted by atomic mass is 9.85. The van der Waals surface area contributed by atoms with Crippen molar-refractivity contribution in [2.45, 2.75) is 19.4 Å². The fraction of sp³-hybridized carbons (Fsp3) is 0.318. The molecule has 136 valence electrons. The number of hydrogen-bond donors (Lipinski definition) is 1. The molecule has 2 aliphatic carbocycles. The summed E-state index contributed by atoms with van der Waals surface area (Å²) in [6.07, 6.45) is 5.00. The van der Waals surface area contributed by atoms with Crippen LogP contribution in [0.15, 0.2) is 54.6 Å². The summed E-state index contributed by atoms with van der Waals surface area (Å²) in [6.45, 7) is 1.63. The predicted molar refractivity (Wildman–Crippen MR) is 102 cm³/mol. The van der Waals surface area contributed by atoms with Crippen molar-refractivity contribution in [1.82, 2.24) is 4.90 Å². The topological polar surface area (TPSA) is 66.5 Å². The number of amides is 3. The summed E-state index contributed by atoms with van der Waals surface area (Å²) in [5.74, 6) is -0.983. The molecule has 5 heteroatoms. The second-order valence-corrected chi connectivity index (χ2v) is 7.74. The van der Waals surface area contributed by atoms with E-state index in [1.165, 1.54) is 4.90 Å². The summed E-state index contributed by atoms with van der Waals surface area (Å²) in [4.78, 5) is 39.8. The van der Waals surface area contributed by atoms with Gasteiger partial charge in [-0.05, 0) is 36.6 Å². The third-order valence-corrected chi connectivity index (χ3v) is 6.32. The van der Waals surface area contributed by atoms with E-state index in [1.54, 1.807) is 6.92 Å². The van der Waals surface area contributed by atoms with Gasteiger partial charge in [-0.15, -0.1) is 0 Å². The molecule has 1 aliphatic heterocycles. The zero-order valence-electron chi connectivity index (χ0n) is 15.0. The summed E-state index contributed by atoms with van der Waals surface area (Å²) in [5, 5.41) is 4.86. The minimum atomic E-state index is -0.825. The molecule has 2 aromatic carbocycles. The maximum Gasteiger partial charge on any atom is 0.247 e. The van der Waals surface area contributed by atoms with Crippen molar-refractivity contribution in [3.8, 4) is 0 Å². The fourth-order valence-electron chi connectivity index (χ4n) is 5.00. The van der Waals surface area contributed by atoms with Crippen LogP contribution in [0, 0.1) is 23.7 Å². The molecule has 0 radical (unpaired) electrons. The van der Waals surface area contributed by atoms with Crippen LogP contribution in [0.4, 0.5) is 5.69 Å². The van der Waals surface area contributed by atoms with Crippen LogP contribution in [0.25, 0.3) is 10.8 Å². The van der Waals surface area contributed by atoms with E-state index in [1.807, 2.05) is 42.5 Å². The van der Waals surface area contributed by atoms with Gasteiger partial charge in [-0.3, -0.25) is 19.3 Å². The molecular formula is C22H20N2O3. The molecule has 3 aliphatic rings. The van der Waals surface area contributed by atoms with Crippen LogP contribution in [-0.2, 0) is 14.4 Å². The van der Waals surface area contributed by atoms with Gasteiger partial charge in [0.1, 0.15) is 6.04 Å². The van der Waals surface area contributed by atoms with Crippen LogP contribution >= 0.6 is 0 Å². The van der Waals surface area contributed by atoms with Gasteiger partial charge in [-0.1, -0.05) is 48.6 Å². The van der Waals surface area contributed by atoms with Gasteiger partial charge < -0.3 is 5.32 Å². The number of benzene rings is 2. The largest absolute Gasteiger partial charge is 0.324 e. The minimum absolute atomic E-state index is 0.148. The van der Waals surface area contributed by atoms with Gasteiger partial charge in [-0.2, -0.15) is 0 Å². The van der Waals surface area contributed by atoms with Crippen LogP contribution in [0.5, 0.6) is 0 Å². The van der Waals surface area contributed by atoms with Crippen molar-refractivity contribution >= 4 is 34.2 Å². The molecule has 2 fully saturated rings. The Morgan fingerprint density at radius 3 is 2.33 bits per heavy atom. The highest BCUT2D eigenvalue weighted by atomic mass is 16.2. The summed E-state index contributed by atoms with van der Waals surface area (Å²) in [7, 11) is 0. The lowest BCUT2D eigenvalue weighted by molar-refractivity contribution is -0.146. The van der Waals surface area contributed by atoms with E-state index in [9.17, 15) is 14.4 Å². The average molecular weight is 360 g/mol. The highest BCUT2D eigenvalue weighted by molar-refractivity contribution is 6.11. The van der Waals surface area contributed by atoms with E-state index in [0.717, 1.165) is 17.2 Å². The van der Waals surface area contributed by atoms with Gasteiger partial charge in [0, 0.05) is 11.1 Å². The van der Waals surface area contributed by atoms with Gasteiger partial charge in [0.15, 0.2) is 0 Å². The maximum atomic E-state index is 12.9. The molecule has 5 rings (SSSR count). The van der Waals surface area contributed by atoms with Crippen LogP contribution in [0.2, 0.25) is 0 Å². The number of nitrogens with zero attached hydrogens (tertiary/aromatic N) is 1. The van der Waals surface area contributed by atoms with Crippen LogP contribution in [0.1, 0.15) is 13.3 Å². The van der Waals surface area contributed by atoms with E-state index in [2.05, 4.69) is 17.5 Å². The lowest BCUT2D eigenvalue weighted by Gasteiger charge is -2.24. The first kappa shape index (κ1) is 16.2. The molecule has 1 N–H and O–H groups in total. The molecule has 2 bridgehead atoms. The molecule has 0 spiro atoms. The molecule has 1 heterocycles. The highest BCUT2D eigenvalue weighted by Crippen LogP contribution is 2.52. The normalized spacial score (nSPS) is 29.4. The molecule has 5 atom stereocenters. The van der Waals surface area contributed by atoms with Crippen LogP contribution in [-0.4, -0.2) is 28.7 Å². The van der Waals surface area contributed by atoms with Crippen molar-refractivity contribution in [2.24, 2.45) is 23.7 Å². The first-order chi connectivity index (χ1) is 13.1. The highest BCUT2D eigenvalue weighted by Gasteiger charge is 2.60. The van der Waals surface area contributed by atoms with Crippen LogP contribution in [0.3, 0.4) is 0 Å². The zero-order chi connectivity index (χ0) is 18.7. The molecule has 1 saturated heterocycles. The van der Waals surface area contributed by atoms with Crippen molar-refractivity contribution in [3.63, 3.8) is 0 Å². The van der Waals surface area contributed by atoms with Gasteiger partial charge in [0.2, 0.25) is 17.7 Å². The number of rotatable bonds is 3. The Morgan fingerprint density at radius 2 is 1.63 bits per heavy atom. The van der Waals surface area contributed by atoms with E-state index in [4.69, 9.17) is 0 Å². The van der Waals surface area contributed by atoms with Gasteiger partial charge >= 0.3 is 0 Å². The Morgan fingerprint density at radius 1 is 1.00 bits per heavy atom. The monoisotopic (exact) mass is 360 g/mol. The number of imide groups is 1. The number of fused-ring (bicyclic) bond motifs is 6. The Kier molecular flexibility index (Phi) is 3.47. The first-order valence-corrected chi connectivity index (χ1v) is 9.40. The van der Waals surface area contributed by atoms with E-state index in [0.29, 0.717) is 5.69 Å². The second kappa shape index (κ2) is 5.78. The molecular weight excluding hydrogens is 340 g/mol. The predicted octanol–water partition coefficient (Wildman–Crippen LogP) is 2.97. The molecule has 27 heavy (non-hydrogen) atoms. The quantitative estimate of drug-likeness (QED) is 0.676. The summed E-state index contributed by atoms with van der Waals surface area (Å²) >= 11 is 0. The number of carbonyl (C=O) groups is 3. The summed E-state index contributed by atoms with van der Waals surface area (Å²) in [6, 6.07) is 12.6. The smallest absolute Gasteiger partial charge is 0.247 e. The molecule has 0 aromatic heterocycles. The number of likely N-dealkylation sites (tertiary alicyclic amines) is 1. The zero-order valence-corrected chi connectivity index (χ0v) is 15.0. The fourth-order valence-corrected chi connectivity index (χ4v) is 5.00. The third-order valence-electron chi connectivity index (χ3n) is 6.32. The Labute approximate surface area is 157 Å². The van der Waals surface area contributed by atoms with Crippen LogP contribution < -0.4 is 5.32 Å². The van der Waals surface area contributed by atoms with E-state index >= 15 is 0 Å². The number of allylic oxidation sites excluding steroid dienone is 2. The van der Waals surface area contributed by atoms with Crippen molar-refractivity contribution in [3.05, 3.63) is 54.6 Å².